The van der Waals surface area contributed by atoms with Gasteiger partial charge < -0.3 is 19.9 Å². The number of carbonyl (C=O) groups excluding carboxylic acids is 1. The molecule has 2 N–H and O–H groups in total. The summed E-state index contributed by atoms with van der Waals surface area (Å²) in [7, 11) is 0. The number of aliphatic hydroxyl groups excluding tert-OH is 1. The lowest BCUT2D eigenvalue weighted by Gasteiger charge is -2.48. The molecule has 0 bridgehead atoms. The van der Waals surface area contributed by atoms with E-state index in [2.05, 4.69) is 19.2 Å². The Balaban J connectivity index is 1.54. The van der Waals surface area contributed by atoms with Gasteiger partial charge in [0, 0.05) is 23.9 Å². The molecule has 2 saturated carbocycles. The maximum absolute atomic E-state index is 12.5. The fourth-order valence-corrected chi connectivity index (χ4v) is 6.10. The largest absolute Gasteiger partial charge is 0.462 e. The number of esters is 1. The minimum absolute atomic E-state index is 0.00873. The van der Waals surface area contributed by atoms with Crippen LogP contribution in [0.4, 0.5) is 0 Å². The van der Waals surface area contributed by atoms with Gasteiger partial charge in [0.1, 0.15) is 11.7 Å². The molecule has 8 atom stereocenters. The third-order valence-corrected chi connectivity index (χ3v) is 7.53. The first kappa shape index (κ1) is 16.8. The first-order valence-corrected chi connectivity index (χ1v) is 9.69. The molecule has 2 saturated heterocycles. The van der Waals surface area contributed by atoms with Crippen LogP contribution < -0.4 is 5.32 Å². The van der Waals surface area contributed by atoms with Crippen LogP contribution in [-0.4, -0.2) is 48.1 Å². The van der Waals surface area contributed by atoms with Gasteiger partial charge in [0.2, 0.25) is 0 Å². The van der Waals surface area contributed by atoms with Crippen LogP contribution in [0, 0.1) is 23.2 Å². The predicted octanol–water partition coefficient (Wildman–Crippen LogP) is 1.87. The molecule has 2 aliphatic carbocycles. The highest BCUT2D eigenvalue weighted by Crippen LogP contribution is 2.70. The molecule has 4 fully saturated rings. The van der Waals surface area contributed by atoms with E-state index in [1.807, 2.05) is 6.92 Å². The predicted molar refractivity (Wildman–Crippen MR) is 89.4 cm³/mol. The van der Waals surface area contributed by atoms with E-state index >= 15 is 0 Å². The van der Waals surface area contributed by atoms with E-state index in [-0.39, 0.29) is 53.7 Å². The summed E-state index contributed by atoms with van der Waals surface area (Å²) in [5.74, 6) is 0.520. The van der Waals surface area contributed by atoms with Crippen LogP contribution in [0.15, 0.2) is 0 Å². The zero-order valence-corrected chi connectivity index (χ0v) is 15.1. The van der Waals surface area contributed by atoms with Gasteiger partial charge in [-0.15, -0.1) is 0 Å². The van der Waals surface area contributed by atoms with Crippen molar-refractivity contribution in [1.82, 2.24) is 5.32 Å². The lowest BCUT2D eigenvalue weighted by Crippen LogP contribution is -2.54. The summed E-state index contributed by atoms with van der Waals surface area (Å²) >= 11 is 0. The quantitative estimate of drug-likeness (QED) is 0.592. The van der Waals surface area contributed by atoms with E-state index in [9.17, 15) is 9.90 Å². The number of aliphatic hydroxyl groups is 1. The SMILES string of the molecule is CC[C@H](CO)NC[C@@H]1C(=O)O[C@@H]2C[C@@]3(C)CCC[C@H](C)[C@@]34O[C@H]4[C@H]12. The Kier molecular flexibility index (Phi) is 3.98. The van der Waals surface area contributed by atoms with Crippen LogP contribution in [0.1, 0.15) is 52.9 Å². The third-order valence-electron chi connectivity index (χ3n) is 7.53. The van der Waals surface area contributed by atoms with Gasteiger partial charge in [-0.3, -0.25) is 4.79 Å². The molecule has 136 valence electrons. The molecule has 4 aliphatic rings. The van der Waals surface area contributed by atoms with Gasteiger partial charge in [-0.2, -0.15) is 0 Å². The van der Waals surface area contributed by atoms with Gasteiger partial charge >= 0.3 is 5.97 Å². The van der Waals surface area contributed by atoms with Crippen LogP contribution in [0.25, 0.3) is 0 Å². The summed E-state index contributed by atoms with van der Waals surface area (Å²) in [6.45, 7) is 7.39. The highest BCUT2D eigenvalue weighted by molar-refractivity contribution is 5.76. The second-order valence-electron chi connectivity index (χ2n) is 8.74. The molecule has 24 heavy (non-hydrogen) atoms. The Bertz CT molecular complexity index is 521. The monoisotopic (exact) mass is 337 g/mol. The number of hydrogen-bond acceptors (Lipinski definition) is 5. The lowest BCUT2D eigenvalue weighted by molar-refractivity contribution is -0.146. The Morgan fingerprint density at radius 2 is 2.25 bits per heavy atom. The normalized spacial score (nSPS) is 50.5. The molecule has 4 rings (SSSR count). The first-order chi connectivity index (χ1) is 11.5. The van der Waals surface area contributed by atoms with Crippen molar-refractivity contribution in [3.05, 3.63) is 0 Å². The molecule has 0 radical (unpaired) electrons. The van der Waals surface area contributed by atoms with Crippen molar-refractivity contribution in [3.8, 4) is 0 Å². The Morgan fingerprint density at radius 3 is 2.96 bits per heavy atom. The zero-order valence-electron chi connectivity index (χ0n) is 15.1. The number of rotatable bonds is 5. The molecule has 1 spiro atoms. The average Bonchev–Trinajstić information content (AvgIpc) is 3.23. The van der Waals surface area contributed by atoms with Gasteiger partial charge in [-0.1, -0.05) is 27.2 Å². The minimum Gasteiger partial charge on any atom is -0.462 e. The highest BCUT2D eigenvalue weighted by atomic mass is 16.6. The molecule has 2 heterocycles. The molecule has 5 heteroatoms. The van der Waals surface area contributed by atoms with Crippen LogP contribution in [-0.2, 0) is 14.3 Å². The van der Waals surface area contributed by atoms with Crippen LogP contribution in [0.3, 0.4) is 0 Å². The van der Waals surface area contributed by atoms with Crippen LogP contribution in [0.5, 0.6) is 0 Å². The number of nitrogens with one attached hydrogen (secondary N) is 1. The summed E-state index contributed by atoms with van der Waals surface area (Å²) in [4.78, 5) is 12.5. The lowest BCUT2D eigenvalue weighted by atomic mass is 9.53. The van der Waals surface area contributed by atoms with E-state index in [4.69, 9.17) is 9.47 Å². The summed E-state index contributed by atoms with van der Waals surface area (Å²) in [6.07, 6.45) is 5.63. The van der Waals surface area contributed by atoms with Crippen LogP contribution in [0.2, 0.25) is 0 Å². The van der Waals surface area contributed by atoms with E-state index in [1.165, 1.54) is 19.3 Å². The number of ether oxygens (including phenoxy) is 2. The third kappa shape index (κ3) is 2.14. The molecule has 0 amide bonds. The van der Waals surface area contributed by atoms with Gasteiger partial charge in [0.05, 0.1) is 18.6 Å². The van der Waals surface area contributed by atoms with Crippen molar-refractivity contribution < 1.29 is 19.4 Å². The summed E-state index contributed by atoms with van der Waals surface area (Å²) in [6, 6.07) is 0.0494. The molecule has 2 aliphatic heterocycles. The van der Waals surface area contributed by atoms with Crippen molar-refractivity contribution in [2.75, 3.05) is 13.2 Å². The fraction of sp³-hybridized carbons (Fsp3) is 0.947. The summed E-state index contributed by atoms with van der Waals surface area (Å²) in [5, 5.41) is 12.7. The maximum atomic E-state index is 12.5. The van der Waals surface area contributed by atoms with E-state index in [0.29, 0.717) is 12.5 Å². The molecule has 5 nitrogen and oxygen atoms in total. The van der Waals surface area contributed by atoms with Crippen molar-refractivity contribution >= 4 is 5.97 Å². The van der Waals surface area contributed by atoms with Crippen molar-refractivity contribution in [3.63, 3.8) is 0 Å². The van der Waals surface area contributed by atoms with Crippen molar-refractivity contribution in [2.24, 2.45) is 23.2 Å². The maximum Gasteiger partial charge on any atom is 0.311 e. The Hall–Kier alpha value is -0.650. The van der Waals surface area contributed by atoms with E-state index in [0.717, 1.165) is 12.8 Å². The first-order valence-electron chi connectivity index (χ1n) is 9.69. The zero-order chi connectivity index (χ0) is 17.1. The average molecular weight is 337 g/mol. The minimum atomic E-state index is -0.140. The van der Waals surface area contributed by atoms with E-state index < -0.39 is 0 Å². The highest BCUT2D eigenvalue weighted by Gasteiger charge is 2.78. The second kappa shape index (κ2) is 5.68. The fourth-order valence-electron chi connectivity index (χ4n) is 6.10. The molecule has 0 aromatic rings. The Morgan fingerprint density at radius 1 is 1.46 bits per heavy atom. The van der Waals surface area contributed by atoms with E-state index in [1.54, 1.807) is 0 Å². The number of carbonyl (C=O) groups is 1. The topological polar surface area (TPSA) is 71.1 Å². The van der Waals surface area contributed by atoms with Crippen LogP contribution >= 0.6 is 0 Å². The number of fused-ring (bicyclic) bond motifs is 2. The molecule has 0 aromatic heterocycles. The molecular formula is C19H31NO4. The van der Waals surface area contributed by atoms with Crippen molar-refractivity contribution in [1.29, 1.82) is 0 Å². The smallest absolute Gasteiger partial charge is 0.311 e. The molecular weight excluding hydrogens is 306 g/mol. The summed E-state index contributed by atoms with van der Waals surface area (Å²) < 4.78 is 12.2. The van der Waals surface area contributed by atoms with Gasteiger partial charge in [-0.25, -0.2) is 0 Å². The van der Waals surface area contributed by atoms with Crippen molar-refractivity contribution in [2.45, 2.75) is 76.7 Å². The number of hydrogen-bond donors (Lipinski definition) is 2. The standard InChI is InChI=1S/C19H31NO4/c1-4-12(10-21)20-9-13-15-14(23-17(13)22)8-18(3)7-5-6-11(2)19(18)16(15)24-19/h11-16,20-21H,4-10H2,1-3H3/t11-,12+,13-,14+,15+,16-,18+,19-/m0/s1. The molecule has 0 aromatic carbocycles. The second-order valence-corrected chi connectivity index (χ2v) is 8.74. The molecule has 0 unspecified atom stereocenters. The Labute approximate surface area is 144 Å². The summed E-state index contributed by atoms with van der Waals surface area (Å²) in [5.41, 5.74) is 0.121. The van der Waals surface area contributed by atoms with Gasteiger partial charge in [0.15, 0.2) is 0 Å². The number of epoxide rings is 1. The van der Waals surface area contributed by atoms with Gasteiger partial charge in [-0.05, 0) is 31.6 Å². The van der Waals surface area contributed by atoms with Gasteiger partial charge in [0.25, 0.3) is 0 Å².